The Labute approximate surface area is 423 Å². The molecule has 73 heavy (non-hydrogen) atoms. The van der Waals surface area contributed by atoms with Gasteiger partial charge in [-0.2, -0.15) is 10.5 Å². The van der Waals surface area contributed by atoms with E-state index in [1.165, 1.54) is 14.2 Å². The number of carbonyl (C=O) groups is 5. The number of methoxy groups -OCH3 is 2. The van der Waals surface area contributed by atoms with Crippen LogP contribution in [0.5, 0.6) is 0 Å². The summed E-state index contributed by atoms with van der Waals surface area (Å²) in [6.07, 6.45) is 0.0484. The number of esters is 2. The van der Waals surface area contributed by atoms with E-state index in [0.717, 1.165) is 40.9 Å². The first-order chi connectivity index (χ1) is 35.2. The summed E-state index contributed by atoms with van der Waals surface area (Å²) in [5, 5.41) is 22.1. The Morgan fingerprint density at radius 2 is 1.12 bits per heavy atom. The van der Waals surface area contributed by atoms with Gasteiger partial charge >= 0.3 is 30.2 Å². The lowest BCUT2D eigenvalue weighted by Crippen LogP contribution is -2.56. The molecule has 0 spiro atoms. The molecule has 0 saturated carbocycles. The summed E-state index contributed by atoms with van der Waals surface area (Å²) in [6, 6.07) is 22.4. The quantitative estimate of drug-likeness (QED) is 0.163. The number of amides is 3. The van der Waals surface area contributed by atoms with Gasteiger partial charge in [-0.3, -0.25) is 0 Å². The summed E-state index contributed by atoms with van der Waals surface area (Å²) in [6.45, 7) is 9.89. The van der Waals surface area contributed by atoms with E-state index in [1.54, 1.807) is 35.5 Å². The summed E-state index contributed by atoms with van der Waals surface area (Å²) >= 11 is 0. The molecule has 4 aromatic rings. The summed E-state index contributed by atoms with van der Waals surface area (Å²) < 4.78 is 26.3. The predicted octanol–water partition coefficient (Wildman–Crippen LogP) is 4.95. The van der Waals surface area contributed by atoms with Crippen LogP contribution in [0, 0.1) is 22.7 Å². The zero-order valence-corrected chi connectivity index (χ0v) is 41.7. The minimum atomic E-state index is -0.699. The third-order valence-electron chi connectivity index (χ3n) is 12.4. The van der Waals surface area contributed by atoms with Crippen LogP contribution in [-0.2, 0) is 62.8 Å². The van der Waals surface area contributed by atoms with Crippen LogP contribution in [0.1, 0.15) is 88.5 Å². The highest BCUT2D eigenvalue weighted by atomic mass is 16.6. The van der Waals surface area contributed by atoms with Crippen LogP contribution < -0.4 is 15.1 Å². The Morgan fingerprint density at radius 3 is 1.59 bits per heavy atom. The van der Waals surface area contributed by atoms with E-state index in [-0.39, 0.29) is 50.3 Å². The number of aromatic nitrogens is 4. The van der Waals surface area contributed by atoms with Gasteiger partial charge in [-0.25, -0.2) is 43.9 Å². The van der Waals surface area contributed by atoms with Crippen molar-refractivity contribution >= 4 is 41.9 Å². The Morgan fingerprint density at radius 1 is 0.644 bits per heavy atom. The molecule has 2 aromatic heterocycles. The first kappa shape index (κ1) is 52.7. The van der Waals surface area contributed by atoms with Crippen molar-refractivity contribution in [3.8, 4) is 12.1 Å². The molecule has 1 N–H and O–H groups in total. The van der Waals surface area contributed by atoms with Gasteiger partial charge in [0.25, 0.3) is 0 Å². The fraction of sp³-hybridized carbons (Fsp3) is 0.471. The molecule has 0 aliphatic carbocycles. The molecule has 8 rings (SSSR count). The highest BCUT2D eigenvalue weighted by Crippen LogP contribution is 2.31. The van der Waals surface area contributed by atoms with E-state index in [1.807, 2.05) is 70.5 Å². The monoisotopic (exact) mass is 1000 g/mol. The number of fused-ring (bicyclic) bond motifs is 2. The summed E-state index contributed by atoms with van der Waals surface area (Å²) in [4.78, 5) is 89.6. The van der Waals surface area contributed by atoms with Crippen LogP contribution in [0.4, 0.5) is 26.0 Å². The number of rotatable bonds is 10. The highest BCUT2D eigenvalue weighted by Gasteiger charge is 2.37. The van der Waals surface area contributed by atoms with Gasteiger partial charge in [0.1, 0.15) is 30.5 Å². The zero-order valence-electron chi connectivity index (χ0n) is 41.7. The van der Waals surface area contributed by atoms with Crippen molar-refractivity contribution in [1.29, 1.82) is 10.5 Å². The average Bonchev–Trinajstić information content (AvgIpc) is 3.40. The Kier molecular flexibility index (Phi) is 17.6. The van der Waals surface area contributed by atoms with Gasteiger partial charge < -0.3 is 53.5 Å². The van der Waals surface area contributed by atoms with E-state index in [0.29, 0.717) is 76.1 Å². The van der Waals surface area contributed by atoms with Crippen LogP contribution in [0.25, 0.3) is 0 Å². The Balaban J connectivity index is 0.000000218. The van der Waals surface area contributed by atoms with Gasteiger partial charge in [0.2, 0.25) is 11.6 Å². The molecule has 6 heterocycles. The molecule has 2 atom stereocenters. The van der Waals surface area contributed by atoms with Gasteiger partial charge in [0, 0.05) is 63.5 Å². The van der Waals surface area contributed by atoms with Gasteiger partial charge in [-0.1, -0.05) is 60.7 Å². The van der Waals surface area contributed by atoms with Gasteiger partial charge in [0.05, 0.1) is 69.2 Å². The molecule has 2 aromatic carbocycles. The van der Waals surface area contributed by atoms with Crippen molar-refractivity contribution in [3.63, 3.8) is 0 Å². The third kappa shape index (κ3) is 13.4. The fourth-order valence-electron chi connectivity index (χ4n) is 8.86. The first-order valence-electron chi connectivity index (χ1n) is 24.0. The number of nitrogens with zero attached hydrogens (tertiary/aromatic N) is 11. The number of hydrogen-bond donors (Lipinski definition) is 1. The molecular formula is C51H60N12O10. The summed E-state index contributed by atoms with van der Waals surface area (Å²) in [5.74, 6) is -0.201. The minimum absolute atomic E-state index is 0.0106. The lowest BCUT2D eigenvalue weighted by Gasteiger charge is -2.41. The largest absolute Gasteiger partial charge is 0.463 e. The number of benzene rings is 2. The summed E-state index contributed by atoms with van der Waals surface area (Å²) in [7, 11) is 2.55. The van der Waals surface area contributed by atoms with Crippen molar-refractivity contribution in [2.45, 2.75) is 90.4 Å². The maximum atomic E-state index is 13.0. The second-order valence-corrected chi connectivity index (χ2v) is 18.5. The number of ether oxygens (including phenoxy) is 5. The molecule has 0 unspecified atom stereocenters. The number of anilines is 2. The van der Waals surface area contributed by atoms with Gasteiger partial charge in [-0.05, 0) is 51.3 Å². The zero-order chi connectivity index (χ0) is 52.1. The lowest BCUT2D eigenvalue weighted by atomic mass is 10.0. The Hall–Kier alpha value is -8.11. The molecule has 2 fully saturated rings. The smallest absolute Gasteiger partial charge is 0.410 e. The molecule has 0 bridgehead atoms. The van der Waals surface area contributed by atoms with Crippen LogP contribution in [-0.4, -0.2) is 149 Å². The van der Waals surface area contributed by atoms with E-state index in [9.17, 15) is 34.5 Å². The van der Waals surface area contributed by atoms with E-state index in [4.69, 9.17) is 23.7 Å². The summed E-state index contributed by atoms with van der Waals surface area (Å²) in [5.41, 5.74) is 4.22. The number of hydrogen-bond acceptors (Lipinski definition) is 19. The molecule has 4 aliphatic rings. The fourth-order valence-corrected chi connectivity index (χ4v) is 8.86. The minimum Gasteiger partial charge on any atom is -0.463 e. The van der Waals surface area contributed by atoms with E-state index < -0.39 is 41.9 Å². The van der Waals surface area contributed by atoms with Crippen molar-refractivity contribution < 1.29 is 47.7 Å². The molecule has 384 valence electrons. The second kappa shape index (κ2) is 24.3. The second-order valence-electron chi connectivity index (χ2n) is 18.5. The van der Waals surface area contributed by atoms with Crippen molar-refractivity contribution in [3.05, 3.63) is 106 Å². The van der Waals surface area contributed by atoms with E-state index in [2.05, 4.69) is 37.4 Å². The third-order valence-corrected chi connectivity index (χ3v) is 12.4. The van der Waals surface area contributed by atoms with E-state index >= 15 is 0 Å². The standard InChI is InChI=1S/C28H34N6O6.C23H26N6O4/c1-28(2,3)40-26(36)33-13-11-21-22(17-33)30-23(25(35)38-4)31-24(21)32-14-15-34(20(16-32)10-12-29)27(37)39-18-19-8-6-5-7-9-19;1-32-22(30)20-26-19-13-25-10-8-18(19)21(27-20)28-11-12-29(17(14-28)7-9-24)23(31)33-15-16-5-3-2-4-6-16/h5-9,20H,10-11,13-18H2,1-4H3;2-6,17,25H,7-8,10-15H2,1H3/t20-;17-/m00/s1. The number of piperazine rings is 2. The Bertz CT molecular complexity index is 2710. The van der Waals surface area contributed by atoms with Crippen LogP contribution in [0.3, 0.4) is 0 Å². The number of nitrogens with one attached hydrogen (secondary N) is 1. The van der Waals surface area contributed by atoms with Gasteiger partial charge in [0.15, 0.2) is 0 Å². The molecule has 3 amide bonds. The predicted molar refractivity (Wildman–Crippen MR) is 262 cm³/mol. The lowest BCUT2D eigenvalue weighted by molar-refractivity contribution is 0.0220. The van der Waals surface area contributed by atoms with Crippen molar-refractivity contribution in [1.82, 2.24) is 40.0 Å². The number of nitriles is 2. The normalized spacial score (nSPS) is 17.3. The molecule has 0 radical (unpaired) electrons. The maximum Gasteiger partial charge on any atom is 0.410 e. The average molecular weight is 1000 g/mol. The highest BCUT2D eigenvalue weighted by molar-refractivity contribution is 5.86. The van der Waals surface area contributed by atoms with Crippen LogP contribution >= 0.6 is 0 Å². The van der Waals surface area contributed by atoms with Crippen LogP contribution in [0.15, 0.2) is 60.7 Å². The molecular weight excluding hydrogens is 941 g/mol. The maximum absolute atomic E-state index is 13.0. The first-order valence-corrected chi connectivity index (χ1v) is 24.0. The molecule has 22 heteroatoms. The SMILES string of the molecule is COC(=O)c1nc2c(c(N3CCN(C(=O)OCc4ccccc4)[C@@H](CC#N)C3)n1)CCN(C(=O)OC(C)(C)C)C2.COC(=O)c1nc2c(c(N3CCN(C(=O)OCc4ccccc4)[C@@H](CC#N)C3)n1)CCNC2. The van der Waals surface area contributed by atoms with Crippen LogP contribution in [0.2, 0.25) is 0 Å². The molecule has 4 aliphatic heterocycles. The molecule has 2 saturated heterocycles. The van der Waals surface area contributed by atoms with Crippen molar-refractivity contribution in [2.24, 2.45) is 0 Å². The van der Waals surface area contributed by atoms with Gasteiger partial charge in [-0.15, -0.1) is 0 Å². The topological polar surface area (TPSA) is 259 Å². The molecule has 22 nitrogen and oxygen atoms in total. The van der Waals surface area contributed by atoms with Crippen molar-refractivity contribution in [2.75, 3.05) is 76.4 Å². The number of carbonyl (C=O) groups excluding carboxylic acids is 5.